The lowest BCUT2D eigenvalue weighted by Crippen LogP contribution is -2.44. The van der Waals surface area contributed by atoms with Crippen LogP contribution in [0.3, 0.4) is 0 Å². The number of thiophene rings is 1. The molecule has 0 aromatic carbocycles. The van der Waals surface area contributed by atoms with Gasteiger partial charge < -0.3 is 4.90 Å². The summed E-state index contributed by atoms with van der Waals surface area (Å²) in [6.07, 6.45) is 6.80. The lowest BCUT2D eigenvalue weighted by Gasteiger charge is -2.24. The van der Waals surface area contributed by atoms with Gasteiger partial charge in [0, 0.05) is 6.54 Å². The summed E-state index contributed by atoms with van der Waals surface area (Å²) in [7, 11) is 0. The van der Waals surface area contributed by atoms with E-state index >= 15 is 0 Å². The first kappa shape index (κ1) is 14.1. The topological polar surface area (TPSA) is 32.3 Å². The van der Waals surface area contributed by atoms with Gasteiger partial charge in [0.2, 0.25) is 5.91 Å². The second kappa shape index (κ2) is 5.49. The van der Waals surface area contributed by atoms with E-state index in [0.717, 1.165) is 32.2 Å². The molecule has 1 unspecified atom stereocenters. The van der Waals surface area contributed by atoms with Gasteiger partial charge in [-0.2, -0.15) is 11.3 Å². The van der Waals surface area contributed by atoms with Crippen LogP contribution >= 0.6 is 11.3 Å². The third-order valence-corrected chi connectivity index (χ3v) is 5.72. The normalized spacial score (nSPS) is 25.0. The molecular weight excluding hydrogens is 268 g/mol. The Morgan fingerprint density at radius 2 is 2.15 bits per heavy atom. The Bertz CT molecular complexity index is 490. The molecule has 1 N–H and O–H groups in total. The van der Waals surface area contributed by atoms with Crippen LogP contribution in [0.25, 0.3) is 0 Å². The lowest BCUT2D eigenvalue weighted by atomic mass is 9.98. The van der Waals surface area contributed by atoms with Crippen LogP contribution in [0.15, 0.2) is 10.8 Å². The number of amides is 1. The molecule has 110 valence electrons. The van der Waals surface area contributed by atoms with E-state index in [0.29, 0.717) is 5.91 Å². The van der Waals surface area contributed by atoms with Crippen molar-refractivity contribution in [3.05, 3.63) is 21.9 Å². The molecule has 1 saturated carbocycles. The van der Waals surface area contributed by atoms with Crippen molar-refractivity contribution in [2.75, 3.05) is 0 Å². The molecule has 1 aliphatic carbocycles. The SMILES string of the molecule is CCCC1NC2(CCCC2)C(=O)N1Cc1cscc1C. The molecule has 0 radical (unpaired) electrons. The van der Waals surface area contributed by atoms with E-state index < -0.39 is 0 Å². The second-order valence-corrected chi connectivity index (χ2v) is 6.99. The molecule has 4 heteroatoms. The van der Waals surface area contributed by atoms with E-state index in [9.17, 15) is 4.79 Å². The van der Waals surface area contributed by atoms with Crippen LogP contribution in [0.5, 0.6) is 0 Å². The highest BCUT2D eigenvalue weighted by Crippen LogP contribution is 2.38. The number of hydrogen-bond donors (Lipinski definition) is 1. The number of hydrogen-bond acceptors (Lipinski definition) is 3. The van der Waals surface area contributed by atoms with E-state index in [1.54, 1.807) is 11.3 Å². The van der Waals surface area contributed by atoms with E-state index in [1.165, 1.54) is 24.0 Å². The van der Waals surface area contributed by atoms with Crippen molar-refractivity contribution in [2.45, 2.75) is 70.6 Å². The number of aryl methyl sites for hydroxylation is 1. The van der Waals surface area contributed by atoms with Crippen LogP contribution < -0.4 is 5.32 Å². The lowest BCUT2D eigenvalue weighted by molar-refractivity contribution is -0.133. The van der Waals surface area contributed by atoms with Crippen LogP contribution in [0.1, 0.15) is 56.6 Å². The van der Waals surface area contributed by atoms with Gasteiger partial charge in [0.1, 0.15) is 0 Å². The number of carbonyl (C=O) groups is 1. The molecule has 2 heterocycles. The van der Waals surface area contributed by atoms with Crippen molar-refractivity contribution in [1.82, 2.24) is 10.2 Å². The van der Waals surface area contributed by atoms with Crippen molar-refractivity contribution < 1.29 is 4.79 Å². The van der Waals surface area contributed by atoms with Crippen molar-refractivity contribution in [1.29, 1.82) is 0 Å². The highest BCUT2D eigenvalue weighted by molar-refractivity contribution is 7.08. The minimum atomic E-state index is -0.232. The summed E-state index contributed by atoms with van der Waals surface area (Å²) in [5, 5.41) is 8.03. The van der Waals surface area contributed by atoms with Crippen LogP contribution in [0, 0.1) is 6.92 Å². The van der Waals surface area contributed by atoms with Crippen LogP contribution in [0.2, 0.25) is 0 Å². The largest absolute Gasteiger partial charge is 0.321 e. The fourth-order valence-corrected chi connectivity index (χ4v) is 4.48. The summed E-state index contributed by atoms with van der Waals surface area (Å²) < 4.78 is 0. The van der Waals surface area contributed by atoms with E-state index in [-0.39, 0.29) is 11.7 Å². The van der Waals surface area contributed by atoms with Crippen molar-refractivity contribution >= 4 is 17.2 Å². The zero-order valence-corrected chi connectivity index (χ0v) is 13.3. The van der Waals surface area contributed by atoms with Crippen LogP contribution in [-0.4, -0.2) is 22.5 Å². The first-order chi connectivity index (χ1) is 9.66. The summed E-state index contributed by atoms with van der Waals surface area (Å²) in [4.78, 5) is 15.0. The van der Waals surface area contributed by atoms with Crippen molar-refractivity contribution in [3.63, 3.8) is 0 Å². The zero-order valence-electron chi connectivity index (χ0n) is 12.4. The molecule has 2 fully saturated rings. The first-order valence-corrected chi connectivity index (χ1v) is 8.71. The number of nitrogens with zero attached hydrogens (tertiary/aromatic N) is 1. The molecule has 1 aromatic heterocycles. The standard InChI is InChI=1S/C16H24N2OS/c1-3-6-14-17-16(7-4-5-8-16)15(19)18(14)9-13-11-20-10-12(13)2/h10-11,14,17H,3-9H2,1-2H3. The Labute approximate surface area is 125 Å². The van der Waals surface area contributed by atoms with Gasteiger partial charge in [-0.3, -0.25) is 10.1 Å². The average Bonchev–Trinajstić information content (AvgIpc) is 3.10. The van der Waals surface area contributed by atoms with Gasteiger partial charge in [0.25, 0.3) is 0 Å². The quantitative estimate of drug-likeness (QED) is 0.922. The predicted molar refractivity (Wildman–Crippen MR) is 82.6 cm³/mol. The zero-order chi connectivity index (χ0) is 14.2. The maximum Gasteiger partial charge on any atom is 0.244 e. The predicted octanol–water partition coefficient (Wildman–Crippen LogP) is 3.43. The molecule has 1 aliphatic heterocycles. The van der Waals surface area contributed by atoms with Crippen molar-refractivity contribution in [3.8, 4) is 0 Å². The Morgan fingerprint density at radius 3 is 2.75 bits per heavy atom. The molecule has 1 aromatic rings. The molecular formula is C16H24N2OS. The van der Waals surface area contributed by atoms with Gasteiger partial charge in [0.05, 0.1) is 11.7 Å². The van der Waals surface area contributed by atoms with Gasteiger partial charge in [-0.1, -0.05) is 26.2 Å². The smallest absolute Gasteiger partial charge is 0.244 e. The Kier molecular flexibility index (Phi) is 3.87. The number of rotatable bonds is 4. The highest BCUT2D eigenvalue weighted by Gasteiger charge is 2.51. The van der Waals surface area contributed by atoms with Gasteiger partial charge in [-0.15, -0.1) is 0 Å². The Balaban J connectivity index is 1.82. The Morgan fingerprint density at radius 1 is 1.40 bits per heavy atom. The minimum Gasteiger partial charge on any atom is -0.321 e. The molecule has 1 spiro atoms. The molecule has 1 amide bonds. The average molecular weight is 292 g/mol. The summed E-state index contributed by atoms with van der Waals surface area (Å²) in [6.45, 7) is 5.10. The maximum absolute atomic E-state index is 12.9. The summed E-state index contributed by atoms with van der Waals surface area (Å²) in [6, 6.07) is 0. The third-order valence-electron chi connectivity index (χ3n) is 4.81. The number of nitrogens with one attached hydrogen (secondary N) is 1. The molecule has 20 heavy (non-hydrogen) atoms. The third kappa shape index (κ3) is 2.29. The fraction of sp³-hybridized carbons (Fsp3) is 0.688. The summed E-state index contributed by atoms with van der Waals surface area (Å²) in [5.41, 5.74) is 2.38. The van der Waals surface area contributed by atoms with E-state index in [1.807, 2.05) is 0 Å². The molecule has 3 rings (SSSR count). The highest BCUT2D eigenvalue weighted by atomic mass is 32.1. The van der Waals surface area contributed by atoms with Gasteiger partial charge in [-0.05, 0) is 48.1 Å². The van der Waals surface area contributed by atoms with Gasteiger partial charge >= 0.3 is 0 Å². The molecule has 1 atom stereocenters. The molecule has 3 nitrogen and oxygen atoms in total. The van der Waals surface area contributed by atoms with Gasteiger partial charge in [-0.25, -0.2) is 0 Å². The number of carbonyl (C=O) groups excluding carboxylic acids is 1. The summed E-state index contributed by atoms with van der Waals surface area (Å²) >= 11 is 1.73. The van der Waals surface area contributed by atoms with Crippen molar-refractivity contribution in [2.24, 2.45) is 0 Å². The second-order valence-electron chi connectivity index (χ2n) is 6.25. The van der Waals surface area contributed by atoms with E-state index in [2.05, 4.69) is 34.8 Å². The Hall–Kier alpha value is -0.870. The first-order valence-electron chi connectivity index (χ1n) is 7.77. The maximum atomic E-state index is 12.9. The monoisotopic (exact) mass is 292 g/mol. The molecule has 0 bridgehead atoms. The molecule has 1 saturated heterocycles. The summed E-state index contributed by atoms with van der Waals surface area (Å²) in [5.74, 6) is 0.346. The van der Waals surface area contributed by atoms with Crippen LogP contribution in [-0.2, 0) is 11.3 Å². The molecule has 2 aliphatic rings. The minimum absolute atomic E-state index is 0.227. The van der Waals surface area contributed by atoms with Gasteiger partial charge in [0.15, 0.2) is 0 Å². The fourth-order valence-electron chi connectivity index (χ4n) is 3.63. The van der Waals surface area contributed by atoms with Crippen LogP contribution in [0.4, 0.5) is 0 Å². The van der Waals surface area contributed by atoms with E-state index in [4.69, 9.17) is 0 Å².